The molecule has 0 aliphatic heterocycles. The van der Waals surface area contributed by atoms with E-state index in [-0.39, 0.29) is 22.0 Å². The van der Waals surface area contributed by atoms with Crippen molar-refractivity contribution in [1.82, 2.24) is 0 Å². The van der Waals surface area contributed by atoms with Crippen molar-refractivity contribution in [3.05, 3.63) is 0 Å². The second-order valence-corrected chi connectivity index (χ2v) is 28.7. The van der Waals surface area contributed by atoms with Gasteiger partial charge in [-0.25, -0.2) is 0 Å². The van der Waals surface area contributed by atoms with Crippen molar-refractivity contribution in [3.8, 4) is 0 Å². The standard InChI is InChI=1S/C25H15F39IP/c1-66(65,5-2-8(26,27)11(32,33)14(38,39)17(44,45)20(50,51)23(56,57)58,6-3-9(28,29)12(34,35)15(40,41)18(46,47)21(52,53)24(59,60)61)7-4-10(30,31)13(36,37)16(42,43)19(48,49)22(54,55)25(62,63)64/h2-7H2,1H3. The van der Waals surface area contributed by atoms with Gasteiger partial charge in [-0.15, -0.1) is 0 Å². The van der Waals surface area contributed by atoms with Crippen molar-refractivity contribution in [2.75, 3.05) is 25.2 Å². The van der Waals surface area contributed by atoms with Crippen LogP contribution in [0.3, 0.4) is 0 Å². The first kappa shape index (κ1) is 64.4. The Bertz CT molecular complexity index is 1510. The van der Waals surface area contributed by atoms with Gasteiger partial charge in [0, 0.05) is 0 Å². The predicted octanol–water partition coefficient (Wildman–Crippen LogP) is 15.9. The topological polar surface area (TPSA) is 0 Å². The Balaban J connectivity index is 7.90. The van der Waals surface area contributed by atoms with Crippen molar-refractivity contribution < 1.29 is 171 Å². The van der Waals surface area contributed by atoms with Crippen molar-refractivity contribution in [3.63, 3.8) is 0 Å². The normalized spacial score (nSPS) is 17.6. The fourth-order valence-corrected chi connectivity index (χ4v) is 10.1. The summed E-state index contributed by atoms with van der Waals surface area (Å²) in [5.41, 5.74) is 0. The molecule has 0 N–H and O–H groups in total. The Morgan fingerprint density at radius 2 is 0.348 bits per heavy atom. The van der Waals surface area contributed by atoms with Crippen LogP contribution in [0, 0.1) is 0 Å². The Kier molecular flexibility index (Phi) is 16.1. The van der Waals surface area contributed by atoms with Gasteiger partial charge in [0.1, 0.15) is 0 Å². The van der Waals surface area contributed by atoms with E-state index in [9.17, 15) is 171 Å². The Morgan fingerprint density at radius 1 is 0.227 bits per heavy atom. The first-order valence-corrected chi connectivity index (χ1v) is 21.3. The van der Waals surface area contributed by atoms with E-state index in [4.69, 9.17) is 0 Å². The summed E-state index contributed by atoms with van der Waals surface area (Å²) in [4.78, 5) is 0. The summed E-state index contributed by atoms with van der Waals surface area (Å²) in [6.07, 6.45) is -46.1. The van der Waals surface area contributed by atoms with E-state index < -0.39 is 156 Å². The molecule has 66 heavy (non-hydrogen) atoms. The quantitative estimate of drug-likeness (QED) is 0.0610. The van der Waals surface area contributed by atoms with Gasteiger partial charge in [-0.05, 0) is 0 Å². The summed E-state index contributed by atoms with van der Waals surface area (Å²) in [5, 5.41) is 0. The molecule has 0 aliphatic carbocycles. The van der Waals surface area contributed by atoms with E-state index in [2.05, 4.69) is 0 Å². The maximum absolute atomic E-state index is 14.6. The molecular weight excluding hydrogens is 1200 g/mol. The van der Waals surface area contributed by atoms with Gasteiger partial charge in [-0.3, -0.25) is 0 Å². The molecule has 0 aliphatic rings. The van der Waals surface area contributed by atoms with Gasteiger partial charge in [0.15, 0.2) is 0 Å². The molecule has 0 atom stereocenters. The van der Waals surface area contributed by atoms with Crippen LogP contribution in [-0.2, 0) is 0 Å². The number of halogens is 40. The molecule has 0 bridgehead atoms. The molecule has 0 saturated heterocycles. The Hall–Kier alpha value is -1.57. The van der Waals surface area contributed by atoms with Crippen LogP contribution in [0.5, 0.6) is 0 Å². The van der Waals surface area contributed by atoms with Gasteiger partial charge < -0.3 is 0 Å². The van der Waals surface area contributed by atoms with E-state index >= 15 is 0 Å². The van der Waals surface area contributed by atoms with E-state index in [1.54, 1.807) is 0 Å². The van der Waals surface area contributed by atoms with Crippen LogP contribution in [0.15, 0.2) is 0 Å². The molecule has 0 aromatic heterocycles. The zero-order chi connectivity index (χ0) is 54.7. The van der Waals surface area contributed by atoms with E-state index in [0.717, 1.165) is 0 Å². The number of hydrogen-bond donors (Lipinski definition) is 0. The molecule has 0 spiro atoms. The van der Waals surface area contributed by atoms with Crippen molar-refractivity contribution in [2.45, 2.75) is 127 Å². The molecular formula is C25H15F39IP. The van der Waals surface area contributed by atoms with Crippen molar-refractivity contribution in [2.24, 2.45) is 0 Å². The molecule has 0 unspecified atom stereocenters. The number of rotatable bonds is 21. The zero-order valence-corrected chi connectivity index (χ0v) is 32.9. The van der Waals surface area contributed by atoms with Gasteiger partial charge in [-0.2, -0.15) is 0 Å². The fourth-order valence-electron chi connectivity index (χ4n) is 4.57. The predicted molar refractivity (Wildman–Crippen MR) is 148 cm³/mol. The van der Waals surface area contributed by atoms with E-state index in [0.29, 0.717) is 0 Å². The molecule has 0 rings (SSSR count). The third-order valence-electron chi connectivity index (χ3n) is 9.15. The Morgan fingerprint density at radius 3 is 0.470 bits per heavy atom. The second kappa shape index (κ2) is 16.5. The minimum atomic E-state index is -8.84. The molecule has 0 nitrogen and oxygen atoms in total. The summed E-state index contributed by atoms with van der Waals surface area (Å²) in [6, 6.07) is 0. The zero-order valence-electron chi connectivity index (χ0n) is 29.8. The van der Waals surface area contributed by atoms with E-state index in [1.807, 2.05) is 0 Å². The Labute approximate surface area is 349 Å². The van der Waals surface area contributed by atoms with Gasteiger partial charge in [0.2, 0.25) is 0 Å². The fraction of sp³-hybridized carbons (Fsp3) is 1.00. The van der Waals surface area contributed by atoms with Crippen LogP contribution >= 0.6 is 26.3 Å². The summed E-state index contributed by atoms with van der Waals surface area (Å²) >= 11 is -0.323. The molecule has 0 amide bonds. The number of hydrogen-bond acceptors (Lipinski definition) is 0. The second-order valence-electron chi connectivity index (χ2n) is 14.1. The first-order valence-electron chi connectivity index (χ1n) is 15.2. The molecule has 0 saturated carbocycles. The van der Waals surface area contributed by atoms with Gasteiger partial charge >= 0.3 is 349 Å². The van der Waals surface area contributed by atoms with E-state index in [1.165, 1.54) is 0 Å². The summed E-state index contributed by atoms with van der Waals surface area (Å²) in [7, 11) is 0. The SMILES string of the molecule is CP(I)(CCC(F)(F)C(F)(F)C(F)(F)C(F)(F)C(F)(F)C(F)(F)F)(CCC(F)(F)C(F)(F)C(F)(F)C(F)(F)C(F)(F)C(F)(F)F)CCC(F)(F)C(F)(F)C(F)(F)C(F)(F)C(F)(F)C(F)(F)F. The third kappa shape index (κ3) is 9.51. The molecule has 0 radical (unpaired) electrons. The summed E-state index contributed by atoms with van der Waals surface area (Å²) < 4.78 is 522. The average Bonchev–Trinajstić information content (AvgIpc) is 3.07. The van der Waals surface area contributed by atoms with Crippen LogP contribution in [-0.4, -0.2) is 133 Å². The third-order valence-corrected chi connectivity index (χ3v) is 17.9. The van der Waals surface area contributed by atoms with Crippen LogP contribution in [0.25, 0.3) is 0 Å². The molecule has 41 heteroatoms. The molecule has 400 valence electrons. The number of alkyl halides is 39. The van der Waals surface area contributed by atoms with Crippen molar-refractivity contribution in [1.29, 1.82) is 0 Å². The first-order chi connectivity index (χ1) is 27.7. The molecule has 0 aromatic rings. The molecule has 0 fully saturated rings. The van der Waals surface area contributed by atoms with Gasteiger partial charge in [0.25, 0.3) is 0 Å². The summed E-state index contributed by atoms with van der Waals surface area (Å²) in [5.74, 6) is -127. The van der Waals surface area contributed by atoms with Crippen LogP contribution in [0.1, 0.15) is 19.3 Å². The van der Waals surface area contributed by atoms with Gasteiger partial charge in [0.05, 0.1) is 0 Å². The monoisotopic (exact) mass is 1210 g/mol. The molecule has 0 aromatic carbocycles. The minimum absolute atomic E-state index is 0.323. The maximum atomic E-state index is 14.6. The van der Waals surface area contributed by atoms with Crippen LogP contribution in [0.4, 0.5) is 171 Å². The average molecular weight is 1210 g/mol. The van der Waals surface area contributed by atoms with Gasteiger partial charge in [-0.1, -0.05) is 0 Å². The van der Waals surface area contributed by atoms with Crippen LogP contribution < -0.4 is 0 Å². The van der Waals surface area contributed by atoms with Crippen molar-refractivity contribution >= 4 is 26.3 Å². The van der Waals surface area contributed by atoms with Crippen LogP contribution in [0.2, 0.25) is 0 Å². The summed E-state index contributed by atoms with van der Waals surface area (Å²) in [6.45, 7) is -0.678. The molecule has 0 heterocycles.